The number of rotatable bonds is 13. The molecule has 1 aromatic rings. The Morgan fingerprint density at radius 1 is 0.913 bits per heavy atom. The van der Waals surface area contributed by atoms with Gasteiger partial charge in [0.1, 0.15) is 5.75 Å². The molecule has 0 saturated carbocycles. The fourth-order valence-corrected chi connectivity index (χ4v) is 2.82. The van der Waals surface area contributed by atoms with E-state index in [4.69, 9.17) is 10.2 Å². The van der Waals surface area contributed by atoms with Crippen molar-refractivity contribution in [2.75, 3.05) is 26.3 Å². The largest absolute Gasteiger partial charge is 0.508 e. The smallest absolute Gasteiger partial charge is 0.120 e. The first-order valence-corrected chi connectivity index (χ1v) is 8.96. The van der Waals surface area contributed by atoms with Crippen molar-refractivity contribution >= 4 is 0 Å². The highest BCUT2D eigenvalue weighted by Gasteiger charge is 2.09. The van der Waals surface area contributed by atoms with E-state index in [1.54, 1.807) is 6.07 Å². The van der Waals surface area contributed by atoms with Crippen LogP contribution >= 0.6 is 0 Å². The Balaban J connectivity index is 2.50. The molecule has 0 radical (unpaired) electrons. The Bertz CT molecular complexity index is 417. The summed E-state index contributed by atoms with van der Waals surface area (Å²) >= 11 is 0. The van der Waals surface area contributed by atoms with Gasteiger partial charge in [0, 0.05) is 25.2 Å². The van der Waals surface area contributed by atoms with Crippen LogP contribution in [0.5, 0.6) is 5.75 Å². The number of hydrogen-bond donors (Lipinski definition) is 3. The quantitative estimate of drug-likeness (QED) is 0.488. The van der Waals surface area contributed by atoms with Crippen molar-refractivity contribution in [3.8, 4) is 5.75 Å². The van der Waals surface area contributed by atoms with E-state index in [1.807, 2.05) is 11.0 Å². The maximum absolute atomic E-state index is 10.0. The number of phenolic OH excluding ortho intramolecular Hbond substituents is 1. The number of aryl methyl sites for hydroxylation is 1. The van der Waals surface area contributed by atoms with Gasteiger partial charge >= 0.3 is 0 Å². The molecule has 132 valence electrons. The van der Waals surface area contributed by atoms with Crippen LogP contribution in [0.2, 0.25) is 0 Å². The number of hydrogen-bond acceptors (Lipinski definition) is 4. The molecule has 4 nitrogen and oxygen atoms in total. The molecule has 4 heteroatoms. The van der Waals surface area contributed by atoms with E-state index in [-0.39, 0.29) is 19.0 Å². The number of aromatic hydroxyl groups is 1. The Morgan fingerprint density at radius 3 is 2.22 bits per heavy atom. The Morgan fingerprint density at radius 2 is 1.57 bits per heavy atom. The second-order valence-corrected chi connectivity index (χ2v) is 6.20. The number of benzene rings is 1. The van der Waals surface area contributed by atoms with Crippen LogP contribution in [0, 0.1) is 0 Å². The van der Waals surface area contributed by atoms with Gasteiger partial charge in [0.25, 0.3) is 0 Å². The lowest BCUT2D eigenvalue weighted by molar-refractivity contribution is 0.155. The van der Waals surface area contributed by atoms with Crippen LogP contribution in [0.15, 0.2) is 18.2 Å². The monoisotopic (exact) mass is 323 g/mol. The molecule has 23 heavy (non-hydrogen) atoms. The van der Waals surface area contributed by atoms with Crippen molar-refractivity contribution in [3.05, 3.63) is 29.3 Å². The standard InChI is InChI=1S/C19H33NO3/c1-2-3-4-5-6-7-8-17-9-10-19(23)18(15-17)16-20(11-13-21)12-14-22/h9-10,15,21-23H,2-8,11-14,16H2,1H3. The van der Waals surface area contributed by atoms with Gasteiger partial charge in [-0.1, -0.05) is 51.2 Å². The molecule has 0 aromatic heterocycles. The first-order valence-electron chi connectivity index (χ1n) is 8.96. The fourth-order valence-electron chi connectivity index (χ4n) is 2.82. The predicted molar refractivity (Wildman–Crippen MR) is 94.6 cm³/mol. The van der Waals surface area contributed by atoms with Crippen LogP contribution in [0.3, 0.4) is 0 Å². The zero-order valence-corrected chi connectivity index (χ0v) is 14.5. The van der Waals surface area contributed by atoms with Gasteiger partial charge in [0.05, 0.1) is 13.2 Å². The maximum Gasteiger partial charge on any atom is 0.120 e. The zero-order valence-electron chi connectivity index (χ0n) is 14.5. The maximum atomic E-state index is 10.0. The van der Waals surface area contributed by atoms with E-state index in [1.165, 1.54) is 44.1 Å². The van der Waals surface area contributed by atoms with Crippen LogP contribution in [-0.4, -0.2) is 46.5 Å². The molecule has 0 fully saturated rings. The van der Waals surface area contributed by atoms with Crippen LogP contribution in [0.4, 0.5) is 0 Å². The third-order valence-electron chi connectivity index (χ3n) is 4.19. The average Bonchev–Trinajstić information content (AvgIpc) is 2.54. The Hall–Kier alpha value is -1.10. The van der Waals surface area contributed by atoms with Gasteiger partial charge in [0.15, 0.2) is 0 Å². The molecule has 0 amide bonds. The molecule has 0 atom stereocenters. The second-order valence-electron chi connectivity index (χ2n) is 6.20. The Labute approximate surface area is 140 Å². The summed E-state index contributed by atoms with van der Waals surface area (Å²) in [7, 11) is 0. The van der Waals surface area contributed by atoms with Crippen molar-refractivity contribution < 1.29 is 15.3 Å². The second kappa shape index (κ2) is 12.3. The van der Waals surface area contributed by atoms with Gasteiger partial charge in [-0.05, 0) is 24.5 Å². The van der Waals surface area contributed by atoms with E-state index in [0.29, 0.717) is 19.6 Å². The minimum absolute atomic E-state index is 0.0538. The SMILES string of the molecule is CCCCCCCCc1ccc(O)c(CN(CCO)CCO)c1. The first-order chi connectivity index (χ1) is 11.2. The molecule has 1 rings (SSSR count). The van der Waals surface area contributed by atoms with E-state index in [2.05, 4.69) is 13.0 Å². The lowest BCUT2D eigenvalue weighted by Crippen LogP contribution is -2.29. The van der Waals surface area contributed by atoms with Gasteiger partial charge in [-0.25, -0.2) is 0 Å². The summed E-state index contributed by atoms with van der Waals surface area (Å²) in [6.45, 7) is 3.89. The minimum atomic E-state index is 0.0538. The summed E-state index contributed by atoms with van der Waals surface area (Å²) in [5.74, 6) is 0.289. The molecule has 0 unspecified atom stereocenters. The summed E-state index contributed by atoms with van der Waals surface area (Å²) in [5, 5.41) is 28.2. The van der Waals surface area contributed by atoms with Crippen molar-refractivity contribution in [1.29, 1.82) is 0 Å². The highest BCUT2D eigenvalue weighted by atomic mass is 16.3. The van der Waals surface area contributed by atoms with Gasteiger partial charge in [-0.2, -0.15) is 0 Å². The minimum Gasteiger partial charge on any atom is -0.508 e. The van der Waals surface area contributed by atoms with E-state index in [0.717, 1.165) is 12.0 Å². The molecular formula is C19H33NO3. The number of phenols is 1. The zero-order chi connectivity index (χ0) is 16.9. The third-order valence-corrected chi connectivity index (χ3v) is 4.19. The van der Waals surface area contributed by atoms with Gasteiger partial charge < -0.3 is 15.3 Å². The van der Waals surface area contributed by atoms with Crippen molar-refractivity contribution in [3.63, 3.8) is 0 Å². The van der Waals surface area contributed by atoms with Crippen LogP contribution in [0.25, 0.3) is 0 Å². The highest BCUT2D eigenvalue weighted by molar-refractivity contribution is 5.36. The summed E-state index contributed by atoms with van der Waals surface area (Å²) < 4.78 is 0. The topological polar surface area (TPSA) is 63.9 Å². The number of aliphatic hydroxyl groups is 2. The first kappa shape index (κ1) is 19.9. The summed E-state index contributed by atoms with van der Waals surface area (Å²) in [4.78, 5) is 1.95. The van der Waals surface area contributed by atoms with Crippen molar-refractivity contribution in [2.45, 2.75) is 58.4 Å². The number of nitrogens with zero attached hydrogens (tertiary/aromatic N) is 1. The van der Waals surface area contributed by atoms with Crippen LogP contribution < -0.4 is 0 Å². The molecule has 1 aromatic carbocycles. The van der Waals surface area contributed by atoms with Gasteiger partial charge in [0.2, 0.25) is 0 Å². The number of unbranched alkanes of at least 4 members (excludes halogenated alkanes) is 5. The third kappa shape index (κ3) is 8.35. The van der Waals surface area contributed by atoms with Crippen LogP contribution in [-0.2, 0) is 13.0 Å². The van der Waals surface area contributed by atoms with Crippen LogP contribution in [0.1, 0.15) is 56.6 Å². The van der Waals surface area contributed by atoms with Gasteiger partial charge in [-0.3, -0.25) is 4.90 Å². The van der Waals surface area contributed by atoms with E-state index >= 15 is 0 Å². The summed E-state index contributed by atoms with van der Waals surface area (Å²) in [6.07, 6.45) is 8.73. The molecular weight excluding hydrogens is 290 g/mol. The fraction of sp³-hybridized carbons (Fsp3) is 0.684. The molecule has 0 heterocycles. The summed E-state index contributed by atoms with van der Waals surface area (Å²) in [6, 6.07) is 5.81. The number of aliphatic hydroxyl groups excluding tert-OH is 2. The Kier molecular flexibility index (Phi) is 10.7. The predicted octanol–water partition coefficient (Wildman–Crippen LogP) is 3.08. The molecule has 3 N–H and O–H groups in total. The average molecular weight is 323 g/mol. The molecule has 0 saturated heterocycles. The lowest BCUT2D eigenvalue weighted by atomic mass is 10.0. The molecule has 0 aliphatic carbocycles. The van der Waals surface area contributed by atoms with Gasteiger partial charge in [-0.15, -0.1) is 0 Å². The lowest BCUT2D eigenvalue weighted by Gasteiger charge is -2.21. The normalized spacial score (nSPS) is 11.3. The molecule has 0 spiro atoms. The molecule has 0 aliphatic heterocycles. The highest BCUT2D eigenvalue weighted by Crippen LogP contribution is 2.21. The van der Waals surface area contributed by atoms with E-state index in [9.17, 15) is 5.11 Å². The molecule has 0 bridgehead atoms. The molecule has 0 aliphatic rings. The van der Waals surface area contributed by atoms with E-state index < -0.39 is 0 Å². The van der Waals surface area contributed by atoms with Crippen molar-refractivity contribution in [2.24, 2.45) is 0 Å². The van der Waals surface area contributed by atoms with Crippen molar-refractivity contribution in [1.82, 2.24) is 4.90 Å². The summed E-state index contributed by atoms with van der Waals surface area (Å²) in [5.41, 5.74) is 2.12.